The Bertz CT molecular complexity index is 3170. The van der Waals surface area contributed by atoms with Gasteiger partial charge in [-0.25, -0.2) is 0 Å². The van der Waals surface area contributed by atoms with Gasteiger partial charge in [0.2, 0.25) is 0 Å². The van der Waals surface area contributed by atoms with E-state index in [9.17, 15) is 0 Å². The fourth-order valence-corrected chi connectivity index (χ4v) is 8.18. The normalized spacial score (nSPS) is 11.6. The molecule has 9 aromatic carbocycles. The van der Waals surface area contributed by atoms with E-state index in [4.69, 9.17) is 8.83 Å². The van der Waals surface area contributed by atoms with E-state index >= 15 is 0 Å². The number of para-hydroxylation sites is 3. The van der Waals surface area contributed by atoms with Crippen molar-refractivity contribution in [3.63, 3.8) is 0 Å². The Morgan fingerprint density at radius 2 is 0.855 bits per heavy atom. The number of hydrogen-bond acceptors (Lipinski definition) is 3. The van der Waals surface area contributed by atoms with Gasteiger partial charge in [0.25, 0.3) is 0 Å². The van der Waals surface area contributed by atoms with Gasteiger partial charge in [-0.1, -0.05) is 140 Å². The number of anilines is 3. The number of furan rings is 2. The smallest absolute Gasteiger partial charge is 0.143 e. The average Bonchev–Trinajstić information content (AvgIpc) is 3.84. The van der Waals surface area contributed by atoms with E-state index in [1.807, 2.05) is 24.3 Å². The molecule has 11 aromatic rings. The van der Waals surface area contributed by atoms with Crippen molar-refractivity contribution in [3.05, 3.63) is 200 Å². The zero-order chi connectivity index (χ0) is 36.3. The third-order valence-electron chi connectivity index (χ3n) is 10.9. The Balaban J connectivity index is 0.974. The van der Waals surface area contributed by atoms with E-state index in [1.54, 1.807) is 0 Å². The van der Waals surface area contributed by atoms with Crippen LogP contribution in [0.4, 0.5) is 17.1 Å². The molecule has 0 radical (unpaired) electrons. The van der Waals surface area contributed by atoms with Crippen molar-refractivity contribution in [1.82, 2.24) is 0 Å². The molecule has 0 N–H and O–H groups in total. The molecular formula is C52H33NO2. The molecule has 0 aliphatic heterocycles. The maximum atomic E-state index is 6.39. The van der Waals surface area contributed by atoms with Crippen LogP contribution in [0.25, 0.3) is 88.0 Å². The van der Waals surface area contributed by atoms with Crippen LogP contribution in [0.5, 0.6) is 0 Å². The first kappa shape index (κ1) is 31.2. The van der Waals surface area contributed by atoms with Crippen molar-refractivity contribution in [3.8, 4) is 33.4 Å². The van der Waals surface area contributed by atoms with E-state index in [0.29, 0.717) is 0 Å². The van der Waals surface area contributed by atoms with E-state index < -0.39 is 0 Å². The SMILES string of the molecule is c1ccc(-c2ccc(N(c3ccc(-c4ccc5c(ccc6oc7ccccc7c65)c4)cc3)c3ccc(-c4cccc5c4oc4ccccc45)cc3)cc2)cc1. The Morgan fingerprint density at radius 3 is 1.56 bits per heavy atom. The van der Waals surface area contributed by atoms with Crippen LogP contribution in [0.1, 0.15) is 0 Å². The van der Waals surface area contributed by atoms with Crippen LogP contribution in [0.15, 0.2) is 209 Å². The van der Waals surface area contributed by atoms with Crippen molar-refractivity contribution < 1.29 is 8.83 Å². The van der Waals surface area contributed by atoms with Gasteiger partial charge in [-0.15, -0.1) is 0 Å². The van der Waals surface area contributed by atoms with Crippen LogP contribution >= 0.6 is 0 Å². The fourth-order valence-electron chi connectivity index (χ4n) is 8.18. The molecule has 3 heteroatoms. The molecule has 55 heavy (non-hydrogen) atoms. The summed E-state index contributed by atoms with van der Waals surface area (Å²) < 4.78 is 12.6. The molecule has 0 aliphatic rings. The Morgan fingerprint density at radius 1 is 0.309 bits per heavy atom. The molecule has 11 rings (SSSR count). The largest absolute Gasteiger partial charge is 0.456 e. The average molecular weight is 704 g/mol. The zero-order valence-electron chi connectivity index (χ0n) is 29.8. The topological polar surface area (TPSA) is 29.5 Å². The molecule has 0 fully saturated rings. The maximum absolute atomic E-state index is 6.39. The molecule has 0 amide bonds. The van der Waals surface area contributed by atoms with Crippen molar-refractivity contribution in [2.24, 2.45) is 0 Å². The summed E-state index contributed by atoms with van der Waals surface area (Å²) in [4.78, 5) is 2.32. The summed E-state index contributed by atoms with van der Waals surface area (Å²) in [6.45, 7) is 0. The predicted octanol–water partition coefficient (Wildman–Crippen LogP) is 15.1. The quantitative estimate of drug-likeness (QED) is 0.173. The van der Waals surface area contributed by atoms with Crippen LogP contribution in [0.2, 0.25) is 0 Å². The van der Waals surface area contributed by atoms with Gasteiger partial charge in [-0.3, -0.25) is 0 Å². The first-order valence-electron chi connectivity index (χ1n) is 18.7. The summed E-state index contributed by atoms with van der Waals surface area (Å²) in [6, 6.07) is 71.0. The summed E-state index contributed by atoms with van der Waals surface area (Å²) in [5.74, 6) is 0. The van der Waals surface area contributed by atoms with Gasteiger partial charge in [0.15, 0.2) is 0 Å². The predicted molar refractivity (Wildman–Crippen MR) is 229 cm³/mol. The molecule has 2 aromatic heterocycles. The molecule has 0 spiro atoms. The number of benzene rings is 9. The summed E-state index contributed by atoms with van der Waals surface area (Å²) in [7, 11) is 0. The first-order valence-corrected chi connectivity index (χ1v) is 18.7. The number of fused-ring (bicyclic) bond motifs is 8. The molecule has 3 nitrogen and oxygen atoms in total. The van der Waals surface area contributed by atoms with Crippen molar-refractivity contribution in [1.29, 1.82) is 0 Å². The highest BCUT2D eigenvalue weighted by molar-refractivity contribution is 6.19. The summed E-state index contributed by atoms with van der Waals surface area (Å²) in [5.41, 5.74) is 13.8. The minimum absolute atomic E-state index is 0.905. The second-order valence-electron chi connectivity index (χ2n) is 14.1. The molecule has 0 saturated heterocycles. The lowest BCUT2D eigenvalue weighted by atomic mass is 9.98. The molecule has 0 atom stereocenters. The molecule has 2 heterocycles. The molecule has 0 unspecified atom stereocenters. The monoisotopic (exact) mass is 703 g/mol. The van der Waals surface area contributed by atoms with Gasteiger partial charge >= 0.3 is 0 Å². The van der Waals surface area contributed by atoms with Crippen molar-refractivity contribution in [2.45, 2.75) is 0 Å². The maximum Gasteiger partial charge on any atom is 0.143 e. The highest BCUT2D eigenvalue weighted by Crippen LogP contribution is 2.41. The fraction of sp³-hybridized carbons (Fsp3) is 0. The Labute approximate surface area is 317 Å². The molecule has 0 bridgehead atoms. The Kier molecular flexibility index (Phi) is 7.17. The lowest BCUT2D eigenvalue weighted by molar-refractivity contribution is 0.669. The Hall–Kier alpha value is -7.36. The van der Waals surface area contributed by atoms with Gasteiger partial charge in [0, 0.05) is 44.2 Å². The van der Waals surface area contributed by atoms with Crippen LogP contribution < -0.4 is 4.90 Å². The molecule has 258 valence electrons. The van der Waals surface area contributed by atoms with E-state index in [-0.39, 0.29) is 0 Å². The van der Waals surface area contributed by atoms with Gasteiger partial charge in [-0.2, -0.15) is 0 Å². The van der Waals surface area contributed by atoms with E-state index in [2.05, 4.69) is 181 Å². The summed E-state index contributed by atoms with van der Waals surface area (Å²) >= 11 is 0. The minimum atomic E-state index is 0.905. The summed E-state index contributed by atoms with van der Waals surface area (Å²) in [6.07, 6.45) is 0. The second-order valence-corrected chi connectivity index (χ2v) is 14.1. The third kappa shape index (κ3) is 5.28. The first-order chi connectivity index (χ1) is 27.2. The highest BCUT2D eigenvalue weighted by Gasteiger charge is 2.17. The highest BCUT2D eigenvalue weighted by atomic mass is 16.3. The van der Waals surface area contributed by atoms with Crippen molar-refractivity contribution in [2.75, 3.05) is 4.90 Å². The number of hydrogen-bond donors (Lipinski definition) is 0. The number of rotatable bonds is 6. The zero-order valence-corrected chi connectivity index (χ0v) is 29.8. The molecule has 0 saturated carbocycles. The lowest BCUT2D eigenvalue weighted by Crippen LogP contribution is -2.09. The molecule has 0 aliphatic carbocycles. The second kappa shape index (κ2) is 12.6. The van der Waals surface area contributed by atoms with Gasteiger partial charge in [0.05, 0.1) is 0 Å². The van der Waals surface area contributed by atoms with E-state index in [1.165, 1.54) is 32.8 Å². The molecular weight excluding hydrogens is 671 g/mol. The standard InChI is InChI=1S/C52H33NO2/c1-2-9-34(10-3-1)35-17-25-40(26-18-35)53(42-29-21-37(22-30-42)44-13-8-14-46-45-11-4-6-15-48(45)55-52(44)46)41-27-19-36(20-28-41)38-23-31-43-39(33-38)24-32-50-51(43)47-12-5-7-16-49(47)54-50/h1-33H. The minimum Gasteiger partial charge on any atom is -0.456 e. The third-order valence-corrected chi connectivity index (χ3v) is 10.9. The van der Waals surface area contributed by atoms with Gasteiger partial charge in [-0.05, 0) is 99.3 Å². The van der Waals surface area contributed by atoms with Gasteiger partial charge < -0.3 is 13.7 Å². The van der Waals surface area contributed by atoms with Crippen LogP contribution in [0, 0.1) is 0 Å². The lowest BCUT2D eigenvalue weighted by Gasteiger charge is -2.26. The van der Waals surface area contributed by atoms with Crippen molar-refractivity contribution >= 4 is 71.7 Å². The van der Waals surface area contributed by atoms with Crippen LogP contribution in [-0.4, -0.2) is 0 Å². The van der Waals surface area contributed by atoms with E-state index in [0.717, 1.165) is 72.2 Å². The number of nitrogens with zero attached hydrogens (tertiary/aromatic N) is 1. The van der Waals surface area contributed by atoms with Crippen LogP contribution in [-0.2, 0) is 0 Å². The summed E-state index contributed by atoms with van der Waals surface area (Å²) in [5, 5.41) is 6.98. The van der Waals surface area contributed by atoms with Crippen LogP contribution in [0.3, 0.4) is 0 Å². The van der Waals surface area contributed by atoms with Gasteiger partial charge in [0.1, 0.15) is 22.3 Å².